The quantitative estimate of drug-likeness (QED) is 0.528. The summed E-state index contributed by atoms with van der Waals surface area (Å²) in [5.41, 5.74) is 13.1. The summed E-state index contributed by atoms with van der Waals surface area (Å²) in [6, 6.07) is 9.54. The molecule has 0 saturated carbocycles. The van der Waals surface area contributed by atoms with Gasteiger partial charge < -0.3 is 21.2 Å². The molecule has 3 heterocycles. The number of nitrogens with one attached hydrogen (secondary N) is 1. The Kier molecular flexibility index (Phi) is 3.14. The molecule has 24 heavy (non-hydrogen) atoms. The van der Waals surface area contributed by atoms with Crippen LogP contribution in [0, 0.1) is 0 Å². The summed E-state index contributed by atoms with van der Waals surface area (Å²) in [5.74, 6) is 0.382. The summed E-state index contributed by atoms with van der Waals surface area (Å²) < 4.78 is 5.90. The molecule has 7 nitrogen and oxygen atoms in total. The van der Waals surface area contributed by atoms with Crippen LogP contribution in [-0.4, -0.2) is 22.9 Å². The van der Waals surface area contributed by atoms with Gasteiger partial charge in [0.2, 0.25) is 5.95 Å². The topological polar surface area (TPSA) is 120 Å². The number of nitrogens with two attached hydrogens (primary N) is 2. The lowest BCUT2D eigenvalue weighted by atomic mass is 10.1. The van der Waals surface area contributed by atoms with Crippen molar-refractivity contribution in [1.82, 2.24) is 9.97 Å². The molecule has 0 unspecified atom stereocenters. The number of benzene rings is 1. The second-order valence-electron chi connectivity index (χ2n) is 5.18. The van der Waals surface area contributed by atoms with Crippen molar-refractivity contribution < 1.29 is 9.21 Å². The molecule has 0 spiro atoms. The maximum Gasteiger partial charge on any atom is 0.260 e. The molecule has 0 fully saturated rings. The number of nitrogens with zero attached hydrogens (tertiary/aromatic N) is 2. The number of carbonyl (C=O) groups is 1. The van der Waals surface area contributed by atoms with E-state index in [0.717, 1.165) is 22.3 Å². The highest BCUT2D eigenvalue weighted by Gasteiger charge is 2.22. The van der Waals surface area contributed by atoms with Crippen LogP contribution in [0.5, 0.6) is 0 Å². The van der Waals surface area contributed by atoms with Crippen molar-refractivity contribution in [2.45, 2.75) is 0 Å². The molecule has 1 aromatic carbocycles. The molecule has 0 aliphatic carbocycles. The number of para-hydroxylation sites is 1. The molecule has 5 N–H and O–H groups in total. The lowest BCUT2D eigenvalue weighted by molar-refractivity contribution is 0.100. The smallest absolute Gasteiger partial charge is 0.260 e. The van der Waals surface area contributed by atoms with E-state index < -0.39 is 5.91 Å². The van der Waals surface area contributed by atoms with Crippen LogP contribution in [0.3, 0.4) is 0 Å². The Morgan fingerprint density at radius 1 is 1.29 bits per heavy atom. The van der Waals surface area contributed by atoms with E-state index in [9.17, 15) is 4.79 Å². The van der Waals surface area contributed by atoms with E-state index in [2.05, 4.69) is 15.3 Å². The van der Waals surface area contributed by atoms with Crippen LogP contribution < -0.4 is 16.8 Å². The first kappa shape index (κ1) is 14.5. The Balaban J connectivity index is 2.07. The van der Waals surface area contributed by atoms with E-state index in [0.29, 0.717) is 27.6 Å². The van der Waals surface area contributed by atoms with Crippen molar-refractivity contribution in [1.29, 1.82) is 0 Å². The van der Waals surface area contributed by atoms with Crippen molar-refractivity contribution in [2.75, 3.05) is 18.1 Å². The van der Waals surface area contributed by atoms with Crippen LogP contribution in [0.2, 0.25) is 0 Å². The number of fused-ring (bicyclic) bond motifs is 2. The summed E-state index contributed by atoms with van der Waals surface area (Å²) >= 11 is 1.14. The molecule has 0 bridgehead atoms. The number of hydrogen-bond acceptors (Lipinski definition) is 7. The summed E-state index contributed by atoms with van der Waals surface area (Å²) in [4.78, 5) is 21.3. The third-order valence-corrected chi connectivity index (χ3v) is 4.81. The predicted molar refractivity (Wildman–Crippen MR) is 95.1 cm³/mol. The van der Waals surface area contributed by atoms with E-state index in [1.807, 2.05) is 30.3 Å². The predicted octanol–water partition coefficient (Wildman–Crippen LogP) is 2.83. The fourth-order valence-electron chi connectivity index (χ4n) is 2.59. The van der Waals surface area contributed by atoms with E-state index in [-0.39, 0.29) is 10.6 Å². The summed E-state index contributed by atoms with van der Waals surface area (Å²) in [6.45, 7) is 0. The normalized spacial score (nSPS) is 11.2. The number of rotatable bonds is 3. The molecule has 0 aliphatic rings. The minimum atomic E-state index is -0.586. The Bertz CT molecular complexity index is 1070. The number of primary amides is 1. The van der Waals surface area contributed by atoms with Crippen LogP contribution >= 0.6 is 11.3 Å². The molecular weight excluding hydrogens is 326 g/mol. The third-order valence-electron chi connectivity index (χ3n) is 3.69. The molecule has 4 aromatic rings. The van der Waals surface area contributed by atoms with Gasteiger partial charge in [-0.1, -0.05) is 18.2 Å². The monoisotopic (exact) mass is 339 g/mol. The zero-order valence-electron chi connectivity index (χ0n) is 12.7. The molecule has 0 aliphatic heterocycles. The second-order valence-corrected chi connectivity index (χ2v) is 6.18. The van der Waals surface area contributed by atoms with Gasteiger partial charge in [-0.25, -0.2) is 9.97 Å². The molecule has 3 aromatic heterocycles. The van der Waals surface area contributed by atoms with Gasteiger partial charge in [-0.3, -0.25) is 4.79 Å². The SMILES string of the molecule is CNc1nc(-c2cc3ccccc3o2)c2c(N)c(C(N)=O)sc2n1. The molecule has 0 saturated heterocycles. The fraction of sp³-hybridized carbons (Fsp3) is 0.0625. The highest BCUT2D eigenvalue weighted by molar-refractivity contribution is 7.21. The van der Waals surface area contributed by atoms with Gasteiger partial charge in [0, 0.05) is 12.4 Å². The molecule has 120 valence electrons. The number of amides is 1. The number of carbonyl (C=O) groups excluding carboxylic acids is 1. The van der Waals surface area contributed by atoms with Gasteiger partial charge in [0.25, 0.3) is 5.91 Å². The van der Waals surface area contributed by atoms with E-state index in [1.54, 1.807) is 7.05 Å². The first-order valence-corrected chi connectivity index (χ1v) is 7.96. The average molecular weight is 339 g/mol. The Morgan fingerprint density at radius 3 is 2.79 bits per heavy atom. The van der Waals surface area contributed by atoms with Crippen molar-refractivity contribution in [3.05, 3.63) is 35.2 Å². The number of aromatic nitrogens is 2. The lowest BCUT2D eigenvalue weighted by Crippen LogP contribution is -2.10. The summed E-state index contributed by atoms with van der Waals surface area (Å²) in [6.07, 6.45) is 0. The van der Waals surface area contributed by atoms with Gasteiger partial charge in [0.15, 0.2) is 5.76 Å². The number of thiophene rings is 1. The molecule has 4 rings (SSSR count). The highest BCUT2D eigenvalue weighted by atomic mass is 32.1. The van der Waals surface area contributed by atoms with Gasteiger partial charge >= 0.3 is 0 Å². The van der Waals surface area contributed by atoms with Gasteiger partial charge in [-0.15, -0.1) is 11.3 Å². The first-order valence-electron chi connectivity index (χ1n) is 7.15. The van der Waals surface area contributed by atoms with Gasteiger partial charge in [0.1, 0.15) is 21.0 Å². The minimum Gasteiger partial charge on any atom is -0.454 e. The Hall–Kier alpha value is -3.13. The Labute approximate surface area is 140 Å². The lowest BCUT2D eigenvalue weighted by Gasteiger charge is -2.04. The molecule has 0 atom stereocenters. The average Bonchev–Trinajstić information content (AvgIpc) is 3.15. The van der Waals surface area contributed by atoms with Crippen LogP contribution in [-0.2, 0) is 0 Å². The molecule has 8 heteroatoms. The standard InChI is InChI=1S/C16H13N5O2S/c1-19-16-20-12(9-6-7-4-2-3-5-8(7)23-9)10-11(17)13(14(18)22)24-15(10)21-16/h2-6H,17H2,1H3,(H2,18,22)(H,19,20,21). The highest BCUT2D eigenvalue weighted by Crippen LogP contribution is 2.40. The first-order chi connectivity index (χ1) is 11.6. The minimum absolute atomic E-state index is 0.268. The number of anilines is 2. The van der Waals surface area contributed by atoms with Crippen molar-refractivity contribution in [2.24, 2.45) is 5.73 Å². The zero-order valence-corrected chi connectivity index (χ0v) is 13.5. The van der Waals surface area contributed by atoms with E-state index in [4.69, 9.17) is 15.9 Å². The van der Waals surface area contributed by atoms with Gasteiger partial charge in [-0.05, 0) is 12.1 Å². The van der Waals surface area contributed by atoms with E-state index in [1.165, 1.54) is 0 Å². The van der Waals surface area contributed by atoms with Crippen molar-refractivity contribution >= 4 is 50.1 Å². The van der Waals surface area contributed by atoms with Crippen LogP contribution in [0.15, 0.2) is 34.7 Å². The zero-order chi connectivity index (χ0) is 16.8. The third kappa shape index (κ3) is 2.08. The van der Waals surface area contributed by atoms with Gasteiger partial charge in [-0.2, -0.15) is 0 Å². The number of hydrogen-bond donors (Lipinski definition) is 3. The van der Waals surface area contributed by atoms with Crippen molar-refractivity contribution in [3.63, 3.8) is 0 Å². The van der Waals surface area contributed by atoms with Gasteiger partial charge in [0.05, 0.1) is 11.1 Å². The molecular formula is C16H13N5O2S. The van der Waals surface area contributed by atoms with Crippen molar-refractivity contribution in [3.8, 4) is 11.5 Å². The van der Waals surface area contributed by atoms with Crippen LogP contribution in [0.4, 0.5) is 11.6 Å². The second kappa shape index (κ2) is 5.20. The van der Waals surface area contributed by atoms with Crippen LogP contribution in [0.1, 0.15) is 9.67 Å². The van der Waals surface area contributed by atoms with E-state index >= 15 is 0 Å². The number of nitrogen functional groups attached to an aromatic ring is 1. The maximum absolute atomic E-state index is 11.6. The molecule has 1 amide bonds. The number of furan rings is 1. The fourth-order valence-corrected chi connectivity index (χ4v) is 3.54. The summed E-state index contributed by atoms with van der Waals surface area (Å²) in [5, 5.41) is 4.44. The Morgan fingerprint density at radius 2 is 2.08 bits per heavy atom. The maximum atomic E-state index is 11.6. The summed E-state index contributed by atoms with van der Waals surface area (Å²) in [7, 11) is 1.72. The van der Waals surface area contributed by atoms with Crippen LogP contribution in [0.25, 0.3) is 32.6 Å². The molecule has 0 radical (unpaired) electrons. The largest absolute Gasteiger partial charge is 0.454 e.